The molecule has 2 aliphatic rings. The number of aryl methyl sites for hydroxylation is 1. The van der Waals surface area contributed by atoms with Gasteiger partial charge in [0.1, 0.15) is 5.82 Å². The van der Waals surface area contributed by atoms with E-state index in [9.17, 15) is 4.39 Å². The fourth-order valence-electron chi connectivity index (χ4n) is 5.72. The minimum Gasteiger partial charge on any atom is -0.207 e. The van der Waals surface area contributed by atoms with Gasteiger partial charge in [-0.15, -0.1) is 0 Å². The van der Waals surface area contributed by atoms with Gasteiger partial charge in [-0.3, -0.25) is 0 Å². The Balaban J connectivity index is 1.27. The van der Waals surface area contributed by atoms with Gasteiger partial charge in [0.05, 0.1) is 0 Å². The van der Waals surface area contributed by atoms with Crippen molar-refractivity contribution in [3.05, 3.63) is 35.6 Å². The molecule has 0 radical (unpaired) electrons. The summed E-state index contributed by atoms with van der Waals surface area (Å²) >= 11 is 0. The summed E-state index contributed by atoms with van der Waals surface area (Å²) in [6.07, 6.45) is 20.0. The molecule has 1 aromatic carbocycles. The van der Waals surface area contributed by atoms with E-state index in [0.717, 1.165) is 30.1 Å². The summed E-state index contributed by atoms with van der Waals surface area (Å²) in [5.74, 6) is 4.02. The third kappa shape index (κ3) is 6.10. The standard InChI is InChI=1S/C25H39F/c1-2-5-20-8-14-23(15-9-20)24-16-10-21(11-17-24)6-3-4-7-22-12-18-25(26)19-13-22/h12-13,18-21,23-24H,2-11,14-17H2,1H3. The summed E-state index contributed by atoms with van der Waals surface area (Å²) in [4.78, 5) is 0. The van der Waals surface area contributed by atoms with Gasteiger partial charge in [-0.25, -0.2) is 4.39 Å². The zero-order valence-corrected chi connectivity index (χ0v) is 16.9. The van der Waals surface area contributed by atoms with Crippen LogP contribution in [0.3, 0.4) is 0 Å². The highest BCUT2D eigenvalue weighted by Crippen LogP contribution is 2.43. The predicted molar refractivity (Wildman–Crippen MR) is 110 cm³/mol. The first-order valence-electron chi connectivity index (χ1n) is 11.5. The maximum absolute atomic E-state index is 12.9. The first-order chi connectivity index (χ1) is 12.7. The highest BCUT2D eigenvalue weighted by molar-refractivity contribution is 5.15. The van der Waals surface area contributed by atoms with Crippen LogP contribution in [-0.2, 0) is 6.42 Å². The van der Waals surface area contributed by atoms with Gasteiger partial charge in [-0.05, 0) is 79.9 Å². The van der Waals surface area contributed by atoms with Crippen molar-refractivity contribution in [1.29, 1.82) is 0 Å². The molecule has 0 spiro atoms. The molecule has 1 heteroatoms. The molecule has 2 aliphatic carbocycles. The first kappa shape index (κ1) is 19.9. The van der Waals surface area contributed by atoms with Crippen molar-refractivity contribution in [3.8, 4) is 0 Å². The maximum atomic E-state index is 12.9. The van der Waals surface area contributed by atoms with Crippen LogP contribution in [0.15, 0.2) is 24.3 Å². The van der Waals surface area contributed by atoms with Crippen molar-refractivity contribution in [2.75, 3.05) is 0 Å². The second-order valence-electron chi connectivity index (χ2n) is 9.22. The molecule has 0 aliphatic heterocycles. The second-order valence-corrected chi connectivity index (χ2v) is 9.22. The van der Waals surface area contributed by atoms with Gasteiger partial charge >= 0.3 is 0 Å². The molecule has 0 bridgehead atoms. The zero-order valence-electron chi connectivity index (χ0n) is 16.9. The normalized spacial score (nSPS) is 29.6. The van der Waals surface area contributed by atoms with Crippen LogP contribution in [0, 0.1) is 29.5 Å². The van der Waals surface area contributed by atoms with Crippen LogP contribution in [0.25, 0.3) is 0 Å². The van der Waals surface area contributed by atoms with Crippen molar-refractivity contribution in [2.45, 2.75) is 96.8 Å². The van der Waals surface area contributed by atoms with Gasteiger partial charge in [0.25, 0.3) is 0 Å². The summed E-state index contributed by atoms with van der Waals surface area (Å²) in [5, 5.41) is 0. The van der Waals surface area contributed by atoms with Crippen molar-refractivity contribution in [1.82, 2.24) is 0 Å². The fraction of sp³-hybridized carbons (Fsp3) is 0.760. The van der Waals surface area contributed by atoms with Crippen molar-refractivity contribution in [2.24, 2.45) is 23.7 Å². The Bertz CT molecular complexity index is 489. The molecular formula is C25H39F. The van der Waals surface area contributed by atoms with Crippen LogP contribution in [-0.4, -0.2) is 0 Å². The molecular weight excluding hydrogens is 319 g/mol. The molecule has 146 valence electrons. The van der Waals surface area contributed by atoms with Crippen molar-refractivity contribution >= 4 is 0 Å². The maximum Gasteiger partial charge on any atom is 0.123 e. The van der Waals surface area contributed by atoms with E-state index in [4.69, 9.17) is 0 Å². The van der Waals surface area contributed by atoms with E-state index in [2.05, 4.69) is 6.92 Å². The van der Waals surface area contributed by atoms with Crippen molar-refractivity contribution < 1.29 is 4.39 Å². The van der Waals surface area contributed by atoms with Gasteiger partial charge < -0.3 is 0 Å². The lowest BCUT2D eigenvalue weighted by Gasteiger charge is -2.38. The Morgan fingerprint density at radius 3 is 1.81 bits per heavy atom. The van der Waals surface area contributed by atoms with Gasteiger partial charge in [-0.2, -0.15) is 0 Å². The Labute approximate surface area is 161 Å². The molecule has 0 atom stereocenters. The molecule has 2 saturated carbocycles. The number of hydrogen-bond acceptors (Lipinski definition) is 0. The topological polar surface area (TPSA) is 0 Å². The molecule has 0 aromatic heterocycles. The van der Waals surface area contributed by atoms with E-state index in [1.54, 1.807) is 12.1 Å². The molecule has 0 saturated heterocycles. The number of unbranched alkanes of at least 4 members (excludes halogenated alkanes) is 1. The first-order valence-corrected chi connectivity index (χ1v) is 11.5. The average Bonchev–Trinajstić information content (AvgIpc) is 2.68. The number of halogens is 1. The summed E-state index contributed by atoms with van der Waals surface area (Å²) < 4.78 is 12.9. The fourth-order valence-corrected chi connectivity index (χ4v) is 5.72. The van der Waals surface area contributed by atoms with Crippen LogP contribution in [0.1, 0.15) is 96.0 Å². The van der Waals surface area contributed by atoms with E-state index in [0.29, 0.717) is 0 Å². The van der Waals surface area contributed by atoms with E-state index < -0.39 is 0 Å². The molecule has 0 N–H and O–H groups in total. The number of benzene rings is 1. The Morgan fingerprint density at radius 2 is 1.27 bits per heavy atom. The molecule has 1 aromatic rings. The second kappa shape index (κ2) is 10.5. The van der Waals surface area contributed by atoms with Crippen LogP contribution in [0.4, 0.5) is 4.39 Å². The minimum atomic E-state index is -0.121. The smallest absolute Gasteiger partial charge is 0.123 e. The monoisotopic (exact) mass is 358 g/mol. The largest absolute Gasteiger partial charge is 0.207 e. The minimum absolute atomic E-state index is 0.121. The summed E-state index contributed by atoms with van der Waals surface area (Å²) in [5.41, 5.74) is 1.29. The van der Waals surface area contributed by atoms with Crippen LogP contribution in [0.2, 0.25) is 0 Å². The molecule has 0 amide bonds. The lowest BCUT2D eigenvalue weighted by Crippen LogP contribution is -2.25. The SMILES string of the molecule is CCCC1CCC(C2CCC(CCCCc3ccc(F)cc3)CC2)CC1. The summed E-state index contributed by atoms with van der Waals surface area (Å²) in [7, 11) is 0. The van der Waals surface area contributed by atoms with Crippen LogP contribution < -0.4 is 0 Å². The number of hydrogen-bond donors (Lipinski definition) is 0. The third-order valence-corrected chi connectivity index (χ3v) is 7.39. The highest BCUT2D eigenvalue weighted by Gasteiger charge is 2.30. The van der Waals surface area contributed by atoms with Crippen LogP contribution in [0.5, 0.6) is 0 Å². The van der Waals surface area contributed by atoms with Gasteiger partial charge in [-0.1, -0.05) is 70.4 Å². The quantitative estimate of drug-likeness (QED) is 0.413. The van der Waals surface area contributed by atoms with E-state index in [1.165, 1.54) is 89.0 Å². The molecule has 26 heavy (non-hydrogen) atoms. The molecule has 0 unspecified atom stereocenters. The molecule has 0 heterocycles. The van der Waals surface area contributed by atoms with Gasteiger partial charge in [0, 0.05) is 0 Å². The summed E-state index contributed by atoms with van der Waals surface area (Å²) in [6, 6.07) is 7.06. The van der Waals surface area contributed by atoms with E-state index in [1.807, 2.05) is 12.1 Å². The Morgan fingerprint density at radius 1 is 0.731 bits per heavy atom. The molecule has 2 fully saturated rings. The summed E-state index contributed by atoms with van der Waals surface area (Å²) in [6.45, 7) is 2.34. The number of rotatable bonds is 8. The van der Waals surface area contributed by atoms with Crippen molar-refractivity contribution in [3.63, 3.8) is 0 Å². The van der Waals surface area contributed by atoms with Gasteiger partial charge in [0.15, 0.2) is 0 Å². The van der Waals surface area contributed by atoms with Gasteiger partial charge in [0.2, 0.25) is 0 Å². The molecule has 3 rings (SSSR count). The Kier molecular flexibility index (Phi) is 8.02. The Hall–Kier alpha value is -0.850. The predicted octanol–water partition coefficient (Wildman–Crippen LogP) is 7.95. The highest BCUT2D eigenvalue weighted by atomic mass is 19.1. The van der Waals surface area contributed by atoms with Crippen LogP contribution >= 0.6 is 0 Å². The van der Waals surface area contributed by atoms with E-state index in [-0.39, 0.29) is 5.82 Å². The third-order valence-electron chi connectivity index (χ3n) is 7.39. The van der Waals surface area contributed by atoms with E-state index >= 15 is 0 Å². The lowest BCUT2D eigenvalue weighted by atomic mass is 9.68. The zero-order chi connectivity index (χ0) is 18.2. The lowest BCUT2D eigenvalue weighted by molar-refractivity contribution is 0.140. The molecule has 0 nitrogen and oxygen atoms in total. The average molecular weight is 359 g/mol.